The SMILES string of the molecule is CCCNC(=O)[C@H](CC)N(Cc1ccc(C)cc1)C(=O)CN(c1ccc(OC)cc1OC)S(C)(=O)=O. The van der Waals surface area contributed by atoms with Crippen LogP contribution in [0.3, 0.4) is 0 Å². The van der Waals surface area contributed by atoms with Gasteiger partial charge in [0.15, 0.2) is 0 Å². The number of hydrogen-bond acceptors (Lipinski definition) is 6. The third-order valence-electron chi connectivity index (χ3n) is 5.74. The van der Waals surface area contributed by atoms with Crippen LogP contribution in [0, 0.1) is 6.92 Å². The fraction of sp³-hybridized carbons (Fsp3) is 0.462. The summed E-state index contributed by atoms with van der Waals surface area (Å²) >= 11 is 0. The zero-order chi connectivity index (χ0) is 26.9. The number of ether oxygens (including phenoxy) is 2. The molecular formula is C26H37N3O6S. The molecule has 0 heterocycles. The van der Waals surface area contributed by atoms with E-state index in [0.29, 0.717) is 18.7 Å². The molecule has 0 bridgehead atoms. The minimum absolute atomic E-state index is 0.161. The van der Waals surface area contributed by atoms with Gasteiger partial charge in [0.05, 0.1) is 26.2 Å². The van der Waals surface area contributed by atoms with Crippen molar-refractivity contribution in [2.24, 2.45) is 0 Å². The van der Waals surface area contributed by atoms with Gasteiger partial charge in [-0.25, -0.2) is 8.42 Å². The van der Waals surface area contributed by atoms with Crippen molar-refractivity contribution in [3.63, 3.8) is 0 Å². The molecule has 2 amide bonds. The molecule has 0 saturated heterocycles. The Morgan fingerprint density at radius 3 is 2.22 bits per heavy atom. The van der Waals surface area contributed by atoms with Gasteiger partial charge in [-0.05, 0) is 37.5 Å². The first-order valence-corrected chi connectivity index (χ1v) is 13.7. The van der Waals surface area contributed by atoms with Crippen molar-refractivity contribution < 1.29 is 27.5 Å². The number of nitrogens with one attached hydrogen (secondary N) is 1. The summed E-state index contributed by atoms with van der Waals surface area (Å²) in [6, 6.07) is 11.6. The van der Waals surface area contributed by atoms with Gasteiger partial charge in [-0.1, -0.05) is 43.7 Å². The minimum atomic E-state index is -3.88. The van der Waals surface area contributed by atoms with E-state index in [9.17, 15) is 18.0 Å². The summed E-state index contributed by atoms with van der Waals surface area (Å²) in [6.07, 6.45) is 2.16. The summed E-state index contributed by atoms with van der Waals surface area (Å²) in [5.41, 5.74) is 2.11. The maximum Gasteiger partial charge on any atom is 0.244 e. The lowest BCUT2D eigenvalue weighted by Gasteiger charge is -2.33. The van der Waals surface area contributed by atoms with Crippen molar-refractivity contribution in [2.75, 3.05) is 37.9 Å². The molecule has 0 aromatic heterocycles. The van der Waals surface area contributed by atoms with E-state index in [-0.39, 0.29) is 23.9 Å². The zero-order valence-corrected chi connectivity index (χ0v) is 22.7. The van der Waals surface area contributed by atoms with Crippen LogP contribution in [-0.4, -0.2) is 64.7 Å². The number of anilines is 1. The van der Waals surface area contributed by atoms with E-state index < -0.39 is 28.5 Å². The lowest BCUT2D eigenvalue weighted by molar-refractivity contribution is -0.140. The number of benzene rings is 2. The first-order chi connectivity index (χ1) is 17.0. The van der Waals surface area contributed by atoms with Crippen LogP contribution in [0.25, 0.3) is 0 Å². The van der Waals surface area contributed by atoms with E-state index in [2.05, 4.69) is 5.32 Å². The molecule has 0 saturated carbocycles. The molecule has 10 heteroatoms. The average Bonchev–Trinajstić information content (AvgIpc) is 2.85. The molecule has 0 unspecified atom stereocenters. The molecule has 0 spiro atoms. The lowest BCUT2D eigenvalue weighted by atomic mass is 10.1. The standard InChI is InChI=1S/C26H37N3O6S/c1-7-15-27-26(31)22(8-2)28(17-20-11-9-19(3)10-12-20)25(30)18-29(36(6,32)33)23-14-13-21(34-4)16-24(23)35-5/h9-14,16,22H,7-8,15,17-18H2,1-6H3,(H,27,31)/t22-/m0/s1. The van der Waals surface area contributed by atoms with Gasteiger partial charge in [-0.15, -0.1) is 0 Å². The van der Waals surface area contributed by atoms with E-state index in [1.807, 2.05) is 45.0 Å². The number of aryl methyl sites for hydroxylation is 1. The largest absolute Gasteiger partial charge is 0.497 e. The normalized spacial score (nSPS) is 11.9. The maximum absolute atomic E-state index is 13.7. The van der Waals surface area contributed by atoms with Gasteiger partial charge in [0.25, 0.3) is 0 Å². The number of methoxy groups -OCH3 is 2. The fourth-order valence-corrected chi connectivity index (χ4v) is 4.61. The second-order valence-corrected chi connectivity index (χ2v) is 10.4. The predicted molar refractivity (Wildman–Crippen MR) is 141 cm³/mol. The Hall–Kier alpha value is -3.27. The second-order valence-electron chi connectivity index (χ2n) is 8.53. The average molecular weight is 520 g/mol. The maximum atomic E-state index is 13.7. The number of amides is 2. The Bertz CT molecular complexity index is 1130. The first-order valence-electron chi connectivity index (χ1n) is 11.9. The van der Waals surface area contributed by atoms with Gasteiger partial charge in [0, 0.05) is 19.2 Å². The number of hydrogen-bond donors (Lipinski definition) is 1. The number of sulfonamides is 1. The van der Waals surface area contributed by atoms with E-state index in [1.54, 1.807) is 12.1 Å². The molecule has 0 aliphatic heterocycles. The number of rotatable bonds is 13. The molecule has 2 aromatic carbocycles. The quantitative estimate of drug-likeness (QED) is 0.436. The Morgan fingerprint density at radius 1 is 1.03 bits per heavy atom. The smallest absolute Gasteiger partial charge is 0.244 e. The van der Waals surface area contributed by atoms with Crippen molar-refractivity contribution >= 4 is 27.5 Å². The number of nitrogens with zero attached hydrogens (tertiary/aromatic N) is 2. The van der Waals surface area contributed by atoms with Crippen molar-refractivity contribution in [3.8, 4) is 11.5 Å². The fourth-order valence-electron chi connectivity index (χ4n) is 3.76. The summed E-state index contributed by atoms with van der Waals surface area (Å²) in [7, 11) is -0.978. The Balaban J connectivity index is 2.48. The van der Waals surface area contributed by atoms with Crippen LogP contribution in [0.1, 0.15) is 37.8 Å². The highest BCUT2D eigenvalue weighted by Gasteiger charge is 2.32. The van der Waals surface area contributed by atoms with Crippen molar-refractivity contribution in [1.29, 1.82) is 0 Å². The molecule has 2 aromatic rings. The molecule has 0 radical (unpaired) electrons. The summed E-state index contributed by atoms with van der Waals surface area (Å²) in [5, 5.41) is 2.86. The van der Waals surface area contributed by atoms with Crippen LogP contribution in [-0.2, 0) is 26.2 Å². The highest BCUT2D eigenvalue weighted by atomic mass is 32.2. The Morgan fingerprint density at radius 2 is 1.69 bits per heavy atom. The molecule has 198 valence electrons. The lowest BCUT2D eigenvalue weighted by Crippen LogP contribution is -2.52. The monoisotopic (exact) mass is 519 g/mol. The Labute approximate surface area is 214 Å². The molecule has 1 N–H and O–H groups in total. The van der Waals surface area contributed by atoms with Crippen molar-refractivity contribution in [3.05, 3.63) is 53.6 Å². The molecular weight excluding hydrogens is 482 g/mol. The topological polar surface area (TPSA) is 105 Å². The van der Waals surface area contributed by atoms with Gasteiger partial charge in [0.1, 0.15) is 24.1 Å². The van der Waals surface area contributed by atoms with Crippen LogP contribution in [0.15, 0.2) is 42.5 Å². The highest BCUT2D eigenvalue weighted by Crippen LogP contribution is 2.33. The molecule has 2 rings (SSSR count). The summed E-state index contributed by atoms with van der Waals surface area (Å²) in [4.78, 5) is 28.1. The predicted octanol–water partition coefficient (Wildman–Crippen LogP) is 3.11. The van der Waals surface area contributed by atoms with Crippen LogP contribution >= 0.6 is 0 Å². The highest BCUT2D eigenvalue weighted by molar-refractivity contribution is 7.92. The van der Waals surface area contributed by atoms with Crippen LogP contribution in [0.4, 0.5) is 5.69 Å². The van der Waals surface area contributed by atoms with Crippen molar-refractivity contribution in [1.82, 2.24) is 10.2 Å². The van der Waals surface area contributed by atoms with Crippen LogP contribution in [0.5, 0.6) is 11.5 Å². The van der Waals surface area contributed by atoms with Gasteiger partial charge in [-0.2, -0.15) is 0 Å². The van der Waals surface area contributed by atoms with Gasteiger partial charge < -0.3 is 19.7 Å². The summed E-state index contributed by atoms with van der Waals surface area (Å²) in [5.74, 6) is -0.0504. The summed E-state index contributed by atoms with van der Waals surface area (Å²) < 4.78 is 37.2. The third kappa shape index (κ3) is 7.61. The Kier molecular flexibility index (Phi) is 10.6. The van der Waals surface area contributed by atoms with Crippen LogP contribution in [0.2, 0.25) is 0 Å². The number of carbonyl (C=O) groups is 2. The van der Waals surface area contributed by atoms with Gasteiger partial charge >= 0.3 is 0 Å². The minimum Gasteiger partial charge on any atom is -0.497 e. The van der Waals surface area contributed by atoms with E-state index in [1.165, 1.54) is 25.2 Å². The van der Waals surface area contributed by atoms with Gasteiger partial charge in [0.2, 0.25) is 21.8 Å². The third-order valence-corrected chi connectivity index (χ3v) is 6.87. The van der Waals surface area contributed by atoms with Crippen molar-refractivity contribution in [2.45, 2.75) is 46.2 Å². The van der Waals surface area contributed by atoms with E-state index >= 15 is 0 Å². The molecule has 0 aliphatic rings. The molecule has 0 aliphatic carbocycles. The number of carbonyl (C=O) groups excluding carboxylic acids is 2. The molecule has 9 nitrogen and oxygen atoms in total. The summed E-state index contributed by atoms with van der Waals surface area (Å²) in [6.45, 7) is 5.89. The molecule has 36 heavy (non-hydrogen) atoms. The molecule has 0 fully saturated rings. The molecule has 1 atom stereocenters. The zero-order valence-electron chi connectivity index (χ0n) is 21.9. The van der Waals surface area contributed by atoms with E-state index in [0.717, 1.165) is 28.1 Å². The second kappa shape index (κ2) is 13.2. The first kappa shape index (κ1) is 29.0. The van der Waals surface area contributed by atoms with Crippen LogP contribution < -0.4 is 19.1 Å². The van der Waals surface area contributed by atoms with E-state index in [4.69, 9.17) is 9.47 Å². The van der Waals surface area contributed by atoms with Gasteiger partial charge in [-0.3, -0.25) is 13.9 Å².